The number of nitrogens with zero attached hydrogens (tertiary/aromatic N) is 1. The minimum absolute atomic E-state index is 0.323. The fraction of sp³-hybridized carbons (Fsp3) is 0.933. The van der Waals surface area contributed by atoms with Crippen LogP contribution in [-0.2, 0) is 4.79 Å². The maximum absolute atomic E-state index is 12.2. The number of carbonyl (C=O) groups excluding carboxylic acids is 1. The molecule has 0 heterocycles. The molecule has 106 valence electrons. The second-order valence-corrected chi connectivity index (χ2v) is 5.82. The van der Waals surface area contributed by atoms with Gasteiger partial charge in [-0.1, -0.05) is 39.0 Å². The first-order chi connectivity index (χ1) is 8.67. The molecule has 1 aliphatic rings. The van der Waals surface area contributed by atoms with Gasteiger partial charge in [0, 0.05) is 19.5 Å². The van der Waals surface area contributed by atoms with E-state index in [1.54, 1.807) is 0 Å². The number of hydrogen-bond acceptors (Lipinski definition) is 2. The fourth-order valence-electron chi connectivity index (χ4n) is 2.82. The van der Waals surface area contributed by atoms with E-state index in [4.69, 9.17) is 5.73 Å². The zero-order valence-corrected chi connectivity index (χ0v) is 12.2. The van der Waals surface area contributed by atoms with Crippen LogP contribution in [0.2, 0.25) is 0 Å². The van der Waals surface area contributed by atoms with Gasteiger partial charge < -0.3 is 10.6 Å². The van der Waals surface area contributed by atoms with Crippen LogP contribution >= 0.6 is 0 Å². The Kier molecular flexibility index (Phi) is 7.33. The number of nitrogens with two attached hydrogens (primary N) is 1. The topological polar surface area (TPSA) is 46.3 Å². The molecule has 0 aromatic carbocycles. The first kappa shape index (κ1) is 15.5. The summed E-state index contributed by atoms with van der Waals surface area (Å²) in [7, 11) is 0. The van der Waals surface area contributed by atoms with Crippen LogP contribution in [0.25, 0.3) is 0 Å². The lowest BCUT2D eigenvalue weighted by Crippen LogP contribution is -2.36. The van der Waals surface area contributed by atoms with Crippen LogP contribution in [0.1, 0.15) is 58.8 Å². The lowest BCUT2D eigenvalue weighted by Gasteiger charge is -2.26. The highest BCUT2D eigenvalue weighted by molar-refractivity contribution is 5.76. The summed E-state index contributed by atoms with van der Waals surface area (Å²) in [5.74, 6) is 1.53. The Morgan fingerprint density at radius 2 is 2.00 bits per heavy atom. The normalized spacial score (nSPS) is 18.6. The maximum atomic E-state index is 12.2. The summed E-state index contributed by atoms with van der Waals surface area (Å²) in [6.07, 6.45) is 8.60. The minimum atomic E-state index is 0.323. The molecule has 2 N–H and O–H groups in total. The van der Waals surface area contributed by atoms with Gasteiger partial charge >= 0.3 is 0 Å². The molecule has 1 amide bonds. The Morgan fingerprint density at radius 3 is 2.56 bits per heavy atom. The minimum Gasteiger partial charge on any atom is -0.343 e. The van der Waals surface area contributed by atoms with Crippen molar-refractivity contribution < 1.29 is 4.79 Å². The number of hydrogen-bond donors (Lipinski definition) is 1. The Morgan fingerprint density at radius 1 is 1.33 bits per heavy atom. The van der Waals surface area contributed by atoms with E-state index in [2.05, 4.69) is 13.8 Å². The molecular formula is C15H30N2O. The number of amides is 1. The monoisotopic (exact) mass is 254 g/mol. The van der Waals surface area contributed by atoms with Gasteiger partial charge in [0.1, 0.15) is 0 Å². The van der Waals surface area contributed by atoms with Crippen molar-refractivity contribution in [2.45, 2.75) is 58.8 Å². The molecule has 1 unspecified atom stereocenters. The van der Waals surface area contributed by atoms with Crippen molar-refractivity contribution in [3.05, 3.63) is 0 Å². The molecule has 1 aliphatic carbocycles. The highest BCUT2D eigenvalue weighted by Crippen LogP contribution is 2.27. The van der Waals surface area contributed by atoms with Gasteiger partial charge in [0.2, 0.25) is 5.91 Å². The molecule has 0 bridgehead atoms. The molecule has 0 radical (unpaired) electrons. The molecule has 3 nitrogen and oxygen atoms in total. The summed E-state index contributed by atoms with van der Waals surface area (Å²) in [6.45, 7) is 6.45. The van der Waals surface area contributed by atoms with Crippen LogP contribution in [-0.4, -0.2) is 30.4 Å². The first-order valence-corrected chi connectivity index (χ1v) is 7.65. The van der Waals surface area contributed by atoms with E-state index in [0.717, 1.165) is 31.8 Å². The molecule has 1 rings (SSSR count). The maximum Gasteiger partial charge on any atom is 0.222 e. The SMILES string of the molecule is CCN(CC(C)CN)C(=O)CCC1CCCCC1. The van der Waals surface area contributed by atoms with E-state index < -0.39 is 0 Å². The smallest absolute Gasteiger partial charge is 0.222 e. The van der Waals surface area contributed by atoms with E-state index in [-0.39, 0.29) is 0 Å². The van der Waals surface area contributed by atoms with E-state index in [0.29, 0.717) is 18.4 Å². The van der Waals surface area contributed by atoms with Crippen molar-refractivity contribution in [2.75, 3.05) is 19.6 Å². The van der Waals surface area contributed by atoms with Crippen LogP contribution in [0.15, 0.2) is 0 Å². The van der Waals surface area contributed by atoms with Crippen LogP contribution < -0.4 is 5.73 Å². The van der Waals surface area contributed by atoms with E-state index in [1.807, 2.05) is 4.90 Å². The lowest BCUT2D eigenvalue weighted by molar-refractivity contribution is -0.131. The summed E-state index contributed by atoms with van der Waals surface area (Å²) < 4.78 is 0. The third kappa shape index (κ3) is 5.38. The van der Waals surface area contributed by atoms with Gasteiger partial charge in [-0.05, 0) is 31.7 Å². The summed E-state index contributed by atoms with van der Waals surface area (Å²) >= 11 is 0. The summed E-state index contributed by atoms with van der Waals surface area (Å²) in [5, 5.41) is 0. The predicted molar refractivity (Wildman–Crippen MR) is 76.3 cm³/mol. The molecule has 0 spiro atoms. The van der Waals surface area contributed by atoms with Crippen LogP contribution in [0.4, 0.5) is 0 Å². The van der Waals surface area contributed by atoms with Crippen LogP contribution in [0.5, 0.6) is 0 Å². The van der Waals surface area contributed by atoms with Crippen LogP contribution in [0.3, 0.4) is 0 Å². The quantitative estimate of drug-likeness (QED) is 0.759. The van der Waals surface area contributed by atoms with Crippen molar-refractivity contribution >= 4 is 5.91 Å². The molecule has 0 saturated heterocycles. The van der Waals surface area contributed by atoms with Gasteiger partial charge in [0.25, 0.3) is 0 Å². The molecule has 3 heteroatoms. The van der Waals surface area contributed by atoms with Gasteiger partial charge in [-0.3, -0.25) is 4.79 Å². The molecule has 1 fully saturated rings. The average molecular weight is 254 g/mol. The van der Waals surface area contributed by atoms with E-state index >= 15 is 0 Å². The van der Waals surface area contributed by atoms with Crippen LogP contribution in [0, 0.1) is 11.8 Å². The highest BCUT2D eigenvalue weighted by atomic mass is 16.2. The molecule has 0 aliphatic heterocycles. The second-order valence-electron chi connectivity index (χ2n) is 5.82. The largest absolute Gasteiger partial charge is 0.343 e. The van der Waals surface area contributed by atoms with Crippen molar-refractivity contribution in [3.63, 3.8) is 0 Å². The second kappa shape index (κ2) is 8.52. The highest BCUT2D eigenvalue weighted by Gasteiger charge is 2.18. The predicted octanol–water partition coefficient (Wildman–Crippen LogP) is 2.79. The summed E-state index contributed by atoms with van der Waals surface area (Å²) in [4.78, 5) is 14.1. The van der Waals surface area contributed by atoms with Gasteiger partial charge in [-0.25, -0.2) is 0 Å². The zero-order chi connectivity index (χ0) is 13.4. The van der Waals surface area contributed by atoms with Gasteiger partial charge in [-0.15, -0.1) is 0 Å². The first-order valence-electron chi connectivity index (χ1n) is 7.65. The number of carbonyl (C=O) groups is 1. The number of rotatable bonds is 7. The average Bonchev–Trinajstić information content (AvgIpc) is 2.42. The molecule has 0 aromatic heterocycles. The zero-order valence-electron chi connectivity index (χ0n) is 12.2. The molecular weight excluding hydrogens is 224 g/mol. The van der Waals surface area contributed by atoms with Crippen molar-refractivity contribution in [2.24, 2.45) is 17.6 Å². The lowest BCUT2D eigenvalue weighted by atomic mass is 9.86. The van der Waals surface area contributed by atoms with Gasteiger partial charge in [0.05, 0.1) is 0 Å². The van der Waals surface area contributed by atoms with Gasteiger partial charge in [0.15, 0.2) is 0 Å². The van der Waals surface area contributed by atoms with E-state index in [9.17, 15) is 4.79 Å². The molecule has 1 saturated carbocycles. The third-order valence-corrected chi connectivity index (χ3v) is 4.16. The van der Waals surface area contributed by atoms with E-state index in [1.165, 1.54) is 32.1 Å². The Bertz CT molecular complexity index is 237. The van der Waals surface area contributed by atoms with Crippen molar-refractivity contribution in [3.8, 4) is 0 Å². The van der Waals surface area contributed by atoms with Crippen molar-refractivity contribution in [1.82, 2.24) is 4.90 Å². The molecule has 18 heavy (non-hydrogen) atoms. The Balaban J connectivity index is 2.27. The summed E-state index contributed by atoms with van der Waals surface area (Å²) in [5.41, 5.74) is 5.63. The standard InChI is InChI=1S/C15H30N2O/c1-3-17(12-13(2)11-16)15(18)10-9-14-7-5-4-6-8-14/h13-14H,3-12,16H2,1-2H3. The Hall–Kier alpha value is -0.570. The van der Waals surface area contributed by atoms with Gasteiger partial charge in [-0.2, -0.15) is 0 Å². The fourth-order valence-corrected chi connectivity index (χ4v) is 2.82. The molecule has 0 aromatic rings. The summed E-state index contributed by atoms with van der Waals surface area (Å²) in [6, 6.07) is 0. The third-order valence-electron chi connectivity index (χ3n) is 4.16. The Labute approximate surface area is 112 Å². The molecule has 1 atom stereocenters. The van der Waals surface area contributed by atoms with Crippen molar-refractivity contribution in [1.29, 1.82) is 0 Å².